The summed E-state index contributed by atoms with van der Waals surface area (Å²) in [7, 11) is 0. The molecule has 0 unspecified atom stereocenters. The molecule has 0 saturated heterocycles. The van der Waals surface area contributed by atoms with E-state index in [-0.39, 0.29) is 5.91 Å². The third kappa shape index (κ3) is 2.59. The Bertz CT molecular complexity index is 812. The summed E-state index contributed by atoms with van der Waals surface area (Å²) in [6.45, 7) is 6.16. The molecule has 3 aromatic rings. The molecule has 0 saturated carbocycles. The highest BCUT2D eigenvalue weighted by Gasteiger charge is 2.13. The topological polar surface area (TPSA) is 73.0 Å². The third-order valence-corrected chi connectivity index (χ3v) is 3.71. The molecule has 0 aliphatic rings. The van der Waals surface area contributed by atoms with Crippen LogP contribution in [0.5, 0.6) is 0 Å². The van der Waals surface area contributed by atoms with Crippen LogP contribution >= 0.6 is 0 Å². The molecule has 1 amide bonds. The van der Waals surface area contributed by atoms with Gasteiger partial charge in [-0.15, -0.1) is 0 Å². The summed E-state index contributed by atoms with van der Waals surface area (Å²) in [5.41, 5.74) is 3.58. The fourth-order valence-corrected chi connectivity index (χ4v) is 2.57. The Morgan fingerprint density at radius 1 is 1.32 bits per heavy atom. The van der Waals surface area contributed by atoms with Crippen LogP contribution in [0, 0.1) is 20.8 Å². The minimum atomic E-state index is -0.0772. The summed E-state index contributed by atoms with van der Waals surface area (Å²) in [5.74, 6) is 0.540. The van der Waals surface area contributed by atoms with Crippen molar-refractivity contribution >= 4 is 22.5 Å². The molecule has 114 valence electrons. The van der Waals surface area contributed by atoms with Gasteiger partial charge < -0.3 is 9.84 Å². The van der Waals surface area contributed by atoms with Gasteiger partial charge in [-0.3, -0.25) is 9.48 Å². The molecule has 6 heteroatoms. The van der Waals surface area contributed by atoms with Crippen molar-refractivity contribution in [2.24, 2.45) is 0 Å². The number of carbonyl (C=O) groups excluding carboxylic acids is 1. The number of hydrogen-bond acceptors (Lipinski definition) is 4. The van der Waals surface area contributed by atoms with E-state index in [0.717, 1.165) is 16.5 Å². The molecular formula is C16H18N4O2. The Kier molecular flexibility index (Phi) is 3.66. The summed E-state index contributed by atoms with van der Waals surface area (Å²) in [6.07, 6.45) is 2.17. The number of carbonyl (C=O) groups is 1. The summed E-state index contributed by atoms with van der Waals surface area (Å²) in [5, 5.41) is 12.1. The van der Waals surface area contributed by atoms with Gasteiger partial charge in [0.1, 0.15) is 11.4 Å². The Labute approximate surface area is 128 Å². The van der Waals surface area contributed by atoms with E-state index in [1.54, 1.807) is 13.8 Å². The maximum atomic E-state index is 12.1. The molecule has 0 radical (unpaired) electrons. The first-order valence-corrected chi connectivity index (χ1v) is 7.20. The number of benzene rings is 1. The van der Waals surface area contributed by atoms with Crippen molar-refractivity contribution in [1.29, 1.82) is 0 Å². The van der Waals surface area contributed by atoms with E-state index in [1.165, 1.54) is 0 Å². The zero-order chi connectivity index (χ0) is 15.7. The van der Waals surface area contributed by atoms with Gasteiger partial charge in [0.15, 0.2) is 5.76 Å². The average molecular weight is 298 g/mol. The quantitative estimate of drug-likeness (QED) is 0.803. The molecule has 0 aliphatic heterocycles. The van der Waals surface area contributed by atoms with Crippen LogP contribution in [0.3, 0.4) is 0 Å². The van der Waals surface area contributed by atoms with Crippen molar-refractivity contribution in [3.8, 4) is 0 Å². The Hall–Kier alpha value is -2.63. The van der Waals surface area contributed by atoms with E-state index in [9.17, 15) is 4.79 Å². The second kappa shape index (κ2) is 5.63. The van der Waals surface area contributed by atoms with E-state index >= 15 is 0 Å². The minimum Gasteiger partial charge on any atom is -0.359 e. The molecular weight excluding hydrogens is 280 g/mol. The number of anilines is 1. The van der Waals surface area contributed by atoms with Gasteiger partial charge in [-0.2, -0.15) is 5.10 Å². The lowest BCUT2D eigenvalue weighted by molar-refractivity contribution is -0.116. The van der Waals surface area contributed by atoms with Crippen LogP contribution in [0.2, 0.25) is 0 Å². The maximum Gasteiger partial charge on any atom is 0.226 e. The number of aryl methyl sites for hydroxylation is 4. The SMILES string of the molecule is Cc1noc(C)c1NC(=O)CCn1ncc2cccc(C)c21. The fraction of sp³-hybridized carbons (Fsp3) is 0.312. The molecule has 1 N–H and O–H groups in total. The van der Waals surface area contributed by atoms with Crippen LogP contribution in [0.25, 0.3) is 10.9 Å². The van der Waals surface area contributed by atoms with Crippen molar-refractivity contribution in [3.05, 3.63) is 41.4 Å². The van der Waals surface area contributed by atoms with Crippen molar-refractivity contribution in [1.82, 2.24) is 14.9 Å². The number of nitrogens with one attached hydrogen (secondary N) is 1. The fourth-order valence-electron chi connectivity index (χ4n) is 2.57. The number of rotatable bonds is 4. The third-order valence-electron chi connectivity index (χ3n) is 3.71. The van der Waals surface area contributed by atoms with E-state index in [2.05, 4.69) is 15.6 Å². The molecule has 22 heavy (non-hydrogen) atoms. The van der Waals surface area contributed by atoms with Crippen molar-refractivity contribution in [2.75, 3.05) is 5.32 Å². The summed E-state index contributed by atoms with van der Waals surface area (Å²) in [6, 6.07) is 6.08. The Balaban J connectivity index is 1.70. The highest BCUT2D eigenvalue weighted by molar-refractivity contribution is 5.91. The lowest BCUT2D eigenvalue weighted by Gasteiger charge is -2.07. The summed E-state index contributed by atoms with van der Waals surface area (Å²) < 4.78 is 6.91. The van der Waals surface area contributed by atoms with Gasteiger partial charge in [-0.05, 0) is 26.3 Å². The largest absolute Gasteiger partial charge is 0.359 e. The van der Waals surface area contributed by atoms with Gasteiger partial charge in [0.25, 0.3) is 0 Å². The van der Waals surface area contributed by atoms with Crippen LogP contribution < -0.4 is 5.32 Å². The zero-order valence-corrected chi connectivity index (χ0v) is 12.9. The van der Waals surface area contributed by atoms with Gasteiger partial charge in [0, 0.05) is 11.8 Å². The predicted octanol–water partition coefficient (Wildman–Crippen LogP) is 2.98. The first kappa shape index (κ1) is 14.3. The molecule has 1 aromatic carbocycles. The van der Waals surface area contributed by atoms with Crippen LogP contribution in [0.4, 0.5) is 5.69 Å². The molecule has 2 aromatic heterocycles. The van der Waals surface area contributed by atoms with Gasteiger partial charge in [-0.25, -0.2) is 0 Å². The van der Waals surface area contributed by atoms with Gasteiger partial charge in [-0.1, -0.05) is 23.4 Å². The van der Waals surface area contributed by atoms with Gasteiger partial charge in [0.05, 0.1) is 18.3 Å². The molecule has 0 spiro atoms. The van der Waals surface area contributed by atoms with Crippen molar-refractivity contribution in [3.63, 3.8) is 0 Å². The molecule has 0 aliphatic carbocycles. The molecule has 2 heterocycles. The Morgan fingerprint density at radius 3 is 2.86 bits per heavy atom. The molecule has 3 rings (SSSR count). The standard InChI is InChI=1S/C16H18N4O2/c1-10-5-4-6-13-9-17-20(16(10)13)8-7-14(21)18-15-11(2)19-22-12(15)3/h4-6,9H,7-8H2,1-3H3,(H,18,21). The maximum absolute atomic E-state index is 12.1. The zero-order valence-electron chi connectivity index (χ0n) is 12.9. The normalized spacial score (nSPS) is 11.0. The van der Waals surface area contributed by atoms with E-state index in [1.807, 2.05) is 36.0 Å². The van der Waals surface area contributed by atoms with Crippen LogP contribution in [-0.4, -0.2) is 20.8 Å². The molecule has 0 bridgehead atoms. The molecule has 0 fully saturated rings. The van der Waals surface area contributed by atoms with E-state index in [4.69, 9.17) is 4.52 Å². The van der Waals surface area contributed by atoms with E-state index < -0.39 is 0 Å². The summed E-state index contributed by atoms with van der Waals surface area (Å²) in [4.78, 5) is 12.1. The number of hydrogen-bond donors (Lipinski definition) is 1. The van der Waals surface area contributed by atoms with Crippen LogP contribution in [-0.2, 0) is 11.3 Å². The molecule has 0 atom stereocenters. The minimum absolute atomic E-state index is 0.0772. The highest BCUT2D eigenvalue weighted by Crippen LogP contribution is 2.20. The predicted molar refractivity (Wildman–Crippen MR) is 83.7 cm³/mol. The number of aromatic nitrogens is 3. The van der Waals surface area contributed by atoms with Gasteiger partial charge >= 0.3 is 0 Å². The lowest BCUT2D eigenvalue weighted by atomic mass is 10.2. The Morgan fingerprint density at radius 2 is 2.14 bits per heavy atom. The number of nitrogens with zero attached hydrogens (tertiary/aromatic N) is 3. The van der Waals surface area contributed by atoms with Gasteiger partial charge in [0.2, 0.25) is 5.91 Å². The first-order valence-electron chi connectivity index (χ1n) is 7.20. The first-order chi connectivity index (χ1) is 10.6. The van der Waals surface area contributed by atoms with E-state index in [0.29, 0.717) is 30.1 Å². The van der Waals surface area contributed by atoms with Crippen LogP contribution in [0.15, 0.2) is 28.9 Å². The lowest BCUT2D eigenvalue weighted by Crippen LogP contribution is -2.15. The smallest absolute Gasteiger partial charge is 0.226 e. The number of para-hydroxylation sites is 1. The number of fused-ring (bicyclic) bond motifs is 1. The summed E-state index contributed by atoms with van der Waals surface area (Å²) >= 11 is 0. The monoisotopic (exact) mass is 298 g/mol. The average Bonchev–Trinajstić information content (AvgIpc) is 3.04. The second-order valence-corrected chi connectivity index (χ2v) is 5.38. The highest BCUT2D eigenvalue weighted by atomic mass is 16.5. The van der Waals surface area contributed by atoms with Crippen LogP contribution in [0.1, 0.15) is 23.4 Å². The second-order valence-electron chi connectivity index (χ2n) is 5.38. The van der Waals surface area contributed by atoms with Crippen molar-refractivity contribution in [2.45, 2.75) is 33.7 Å². The molecule has 6 nitrogen and oxygen atoms in total. The number of amides is 1. The van der Waals surface area contributed by atoms with Crippen molar-refractivity contribution < 1.29 is 9.32 Å².